The first-order chi connectivity index (χ1) is 14.9. The summed E-state index contributed by atoms with van der Waals surface area (Å²) >= 11 is 0. The Morgan fingerprint density at radius 3 is 2.42 bits per heavy atom. The van der Waals surface area contributed by atoms with Crippen molar-refractivity contribution in [3.8, 4) is 11.5 Å². The van der Waals surface area contributed by atoms with Crippen LogP contribution in [-0.2, 0) is 17.6 Å². The molecule has 2 aromatic rings. The van der Waals surface area contributed by atoms with Gasteiger partial charge in [0.05, 0.1) is 26.7 Å². The highest BCUT2D eigenvalue weighted by Crippen LogP contribution is 2.38. The van der Waals surface area contributed by atoms with Crippen LogP contribution >= 0.6 is 0 Å². The van der Waals surface area contributed by atoms with Crippen LogP contribution in [0.5, 0.6) is 11.5 Å². The fourth-order valence-electron chi connectivity index (χ4n) is 3.88. The second-order valence-corrected chi connectivity index (χ2v) is 7.94. The first-order valence-corrected chi connectivity index (χ1v) is 10.6. The standard InChI is InChI=1S/C24H31N3O4/c1-16(2)26-24(29)27-11-10-18-13-21(30-3)22(31-4)14-19(18)20(27)15-25-23(28)12-17-8-6-5-7-9-17/h5-9,13-14,16,20H,10-12,15H2,1-4H3,(H,25,28)(H,26,29)/t20-/m1/s1. The van der Waals surface area contributed by atoms with E-state index in [2.05, 4.69) is 10.6 Å². The molecule has 0 saturated heterocycles. The van der Waals surface area contributed by atoms with Crippen LogP contribution in [0, 0.1) is 0 Å². The maximum Gasteiger partial charge on any atom is 0.318 e. The number of methoxy groups -OCH3 is 2. The Kier molecular flexibility index (Phi) is 7.39. The zero-order chi connectivity index (χ0) is 22.4. The maximum absolute atomic E-state index is 12.9. The van der Waals surface area contributed by atoms with Crippen molar-refractivity contribution in [1.82, 2.24) is 15.5 Å². The van der Waals surface area contributed by atoms with Crippen LogP contribution in [0.2, 0.25) is 0 Å². The molecule has 0 unspecified atom stereocenters. The van der Waals surface area contributed by atoms with Crippen LogP contribution in [0.15, 0.2) is 42.5 Å². The average molecular weight is 426 g/mol. The number of carbonyl (C=O) groups excluding carboxylic acids is 2. The Bertz CT molecular complexity index is 915. The summed E-state index contributed by atoms with van der Waals surface area (Å²) in [6.07, 6.45) is 1.00. The van der Waals surface area contributed by atoms with Crippen molar-refractivity contribution < 1.29 is 19.1 Å². The van der Waals surface area contributed by atoms with Crippen molar-refractivity contribution in [3.63, 3.8) is 0 Å². The molecule has 0 spiro atoms. The van der Waals surface area contributed by atoms with E-state index in [1.807, 2.05) is 56.3 Å². The molecular formula is C24H31N3O4. The van der Waals surface area contributed by atoms with Gasteiger partial charge in [-0.25, -0.2) is 4.79 Å². The average Bonchev–Trinajstić information content (AvgIpc) is 2.76. The van der Waals surface area contributed by atoms with Gasteiger partial charge in [0.15, 0.2) is 11.5 Å². The largest absolute Gasteiger partial charge is 0.493 e. The number of amides is 3. The van der Waals surface area contributed by atoms with Gasteiger partial charge < -0.3 is 25.0 Å². The molecule has 0 fully saturated rings. The quantitative estimate of drug-likeness (QED) is 0.715. The highest BCUT2D eigenvalue weighted by Gasteiger charge is 2.32. The van der Waals surface area contributed by atoms with Crippen molar-refractivity contribution in [2.75, 3.05) is 27.3 Å². The molecule has 2 aromatic carbocycles. The molecule has 31 heavy (non-hydrogen) atoms. The number of fused-ring (bicyclic) bond motifs is 1. The molecular weight excluding hydrogens is 394 g/mol. The lowest BCUT2D eigenvalue weighted by atomic mass is 9.91. The van der Waals surface area contributed by atoms with Gasteiger partial charge in [-0.15, -0.1) is 0 Å². The highest BCUT2D eigenvalue weighted by atomic mass is 16.5. The zero-order valence-corrected chi connectivity index (χ0v) is 18.6. The Morgan fingerprint density at radius 2 is 1.77 bits per heavy atom. The van der Waals surface area contributed by atoms with E-state index in [1.165, 1.54) is 0 Å². The molecule has 1 atom stereocenters. The Balaban J connectivity index is 1.84. The van der Waals surface area contributed by atoms with Crippen molar-refractivity contribution >= 4 is 11.9 Å². The summed E-state index contributed by atoms with van der Waals surface area (Å²) < 4.78 is 10.9. The predicted molar refractivity (Wildman–Crippen MR) is 120 cm³/mol. The summed E-state index contributed by atoms with van der Waals surface area (Å²) in [5.41, 5.74) is 3.00. The van der Waals surface area contributed by atoms with Crippen molar-refractivity contribution in [3.05, 3.63) is 59.2 Å². The number of benzene rings is 2. The van der Waals surface area contributed by atoms with Crippen LogP contribution in [0.25, 0.3) is 0 Å². The molecule has 3 rings (SSSR count). The van der Waals surface area contributed by atoms with Crippen LogP contribution in [0.1, 0.15) is 36.6 Å². The van der Waals surface area contributed by atoms with Crippen molar-refractivity contribution in [1.29, 1.82) is 0 Å². The van der Waals surface area contributed by atoms with Gasteiger partial charge in [-0.05, 0) is 49.1 Å². The molecule has 0 saturated carbocycles. The van der Waals surface area contributed by atoms with Gasteiger partial charge in [0.1, 0.15) is 0 Å². The topological polar surface area (TPSA) is 79.9 Å². The summed E-state index contributed by atoms with van der Waals surface area (Å²) in [4.78, 5) is 27.2. The summed E-state index contributed by atoms with van der Waals surface area (Å²) in [6, 6.07) is 13.1. The predicted octanol–water partition coefficient (Wildman–Crippen LogP) is 3.08. The lowest BCUT2D eigenvalue weighted by molar-refractivity contribution is -0.120. The van der Waals surface area contributed by atoms with Gasteiger partial charge in [-0.1, -0.05) is 30.3 Å². The molecule has 7 heteroatoms. The van der Waals surface area contributed by atoms with Gasteiger partial charge in [-0.2, -0.15) is 0 Å². The molecule has 7 nitrogen and oxygen atoms in total. The monoisotopic (exact) mass is 425 g/mol. The molecule has 3 amide bonds. The molecule has 1 aliphatic rings. The van der Waals surface area contributed by atoms with Gasteiger partial charge in [0, 0.05) is 19.1 Å². The van der Waals surface area contributed by atoms with Crippen LogP contribution in [0.3, 0.4) is 0 Å². The summed E-state index contributed by atoms with van der Waals surface area (Å²) in [5.74, 6) is 1.18. The fourth-order valence-corrected chi connectivity index (χ4v) is 3.88. The second-order valence-electron chi connectivity index (χ2n) is 7.94. The molecule has 0 radical (unpaired) electrons. The van der Waals surface area contributed by atoms with E-state index in [9.17, 15) is 9.59 Å². The number of urea groups is 1. The normalized spacial score (nSPS) is 15.3. The molecule has 1 aliphatic heterocycles. The van der Waals surface area contributed by atoms with E-state index in [0.29, 0.717) is 37.4 Å². The third-order valence-corrected chi connectivity index (χ3v) is 5.38. The number of hydrogen-bond donors (Lipinski definition) is 2. The van der Waals surface area contributed by atoms with Crippen LogP contribution in [-0.4, -0.2) is 50.2 Å². The van der Waals surface area contributed by atoms with Gasteiger partial charge >= 0.3 is 6.03 Å². The minimum absolute atomic E-state index is 0.0209. The molecule has 2 N–H and O–H groups in total. The molecule has 0 aromatic heterocycles. The zero-order valence-electron chi connectivity index (χ0n) is 18.6. The van der Waals surface area contributed by atoms with E-state index in [-0.39, 0.29) is 24.0 Å². The van der Waals surface area contributed by atoms with Gasteiger partial charge in [0.25, 0.3) is 0 Å². The lowest BCUT2D eigenvalue weighted by Crippen LogP contribution is -2.50. The SMILES string of the molecule is COc1cc2c(cc1OC)[C@@H](CNC(=O)Cc1ccccc1)N(C(=O)NC(C)C)CC2. The molecule has 0 aliphatic carbocycles. The van der Waals surface area contributed by atoms with Gasteiger partial charge in [0.2, 0.25) is 5.91 Å². The third-order valence-electron chi connectivity index (χ3n) is 5.38. The summed E-state index contributed by atoms with van der Waals surface area (Å²) in [7, 11) is 3.20. The van der Waals surface area contributed by atoms with E-state index in [0.717, 1.165) is 16.7 Å². The van der Waals surface area contributed by atoms with Crippen LogP contribution < -0.4 is 20.1 Å². The first kappa shape index (κ1) is 22.5. The number of ether oxygens (including phenoxy) is 2. The fraction of sp³-hybridized carbons (Fsp3) is 0.417. The summed E-state index contributed by atoms with van der Waals surface area (Å²) in [5, 5.41) is 5.98. The highest BCUT2D eigenvalue weighted by molar-refractivity contribution is 5.79. The number of hydrogen-bond acceptors (Lipinski definition) is 4. The number of nitrogens with one attached hydrogen (secondary N) is 2. The van der Waals surface area contributed by atoms with Crippen molar-refractivity contribution in [2.45, 2.75) is 38.8 Å². The Labute approximate surface area is 183 Å². The minimum atomic E-state index is -0.304. The van der Waals surface area contributed by atoms with Crippen LogP contribution in [0.4, 0.5) is 4.79 Å². The number of nitrogens with zero attached hydrogens (tertiary/aromatic N) is 1. The maximum atomic E-state index is 12.9. The van der Waals surface area contributed by atoms with E-state index in [1.54, 1.807) is 19.1 Å². The molecule has 1 heterocycles. The third kappa shape index (κ3) is 5.48. The van der Waals surface area contributed by atoms with E-state index >= 15 is 0 Å². The minimum Gasteiger partial charge on any atom is -0.493 e. The molecule has 0 bridgehead atoms. The van der Waals surface area contributed by atoms with E-state index in [4.69, 9.17) is 9.47 Å². The first-order valence-electron chi connectivity index (χ1n) is 10.6. The molecule has 166 valence electrons. The summed E-state index contributed by atoms with van der Waals surface area (Å²) in [6.45, 7) is 4.74. The van der Waals surface area contributed by atoms with E-state index < -0.39 is 0 Å². The Morgan fingerprint density at radius 1 is 1.10 bits per heavy atom. The second kappa shape index (κ2) is 10.2. The number of carbonyl (C=O) groups is 2. The van der Waals surface area contributed by atoms with Crippen molar-refractivity contribution in [2.24, 2.45) is 0 Å². The van der Waals surface area contributed by atoms with Gasteiger partial charge in [-0.3, -0.25) is 4.79 Å². The Hall–Kier alpha value is -3.22. The smallest absolute Gasteiger partial charge is 0.318 e. The number of rotatable bonds is 7. The lowest BCUT2D eigenvalue weighted by Gasteiger charge is -2.38.